The molecule has 3 unspecified atom stereocenters. The van der Waals surface area contributed by atoms with E-state index >= 15 is 0 Å². The molecular weight excluding hydrogens is 512 g/mol. The minimum Gasteiger partial charge on any atom is -0.481 e. The van der Waals surface area contributed by atoms with Gasteiger partial charge < -0.3 is 20.4 Å². The summed E-state index contributed by atoms with van der Waals surface area (Å²) >= 11 is 0. The maximum atomic E-state index is 13.0. The van der Waals surface area contributed by atoms with Crippen LogP contribution < -0.4 is 0 Å². The third kappa shape index (κ3) is 17.0. The van der Waals surface area contributed by atoms with Gasteiger partial charge in [0.2, 0.25) is 0 Å². The summed E-state index contributed by atoms with van der Waals surface area (Å²) in [6.07, 6.45) is 21.3. The Kier molecular flexibility index (Phi) is 22.6. The number of carbonyl (C=O) groups is 4. The molecule has 4 N–H and O–H groups in total. The Morgan fingerprint density at radius 1 is 0.575 bits per heavy atom. The molecule has 0 aromatic heterocycles. The summed E-state index contributed by atoms with van der Waals surface area (Å²) in [5.74, 6) is -8.90. The van der Waals surface area contributed by atoms with E-state index in [1.165, 1.54) is 77.0 Å². The number of carboxylic acids is 3. The first-order chi connectivity index (χ1) is 19.1. The second kappa shape index (κ2) is 23.7. The minimum absolute atomic E-state index is 0.0873. The van der Waals surface area contributed by atoms with E-state index in [1.54, 1.807) is 0 Å². The van der Waals surface area contributed by atoms with E-state index in [4.69, 9.17) is 5.11 Å². The molecular formula is C32H58O8. The summed E-state index contributed by atoms with van der Waals surface area (Å²) in [6.45, 7) is 4.21. The molecule has 0 aromatic carbocycles. The number of ketones is 1. The van der Waals surface area contributed by atoms with Crippen LogP contribution in [0.1, 0.15) is 162 Å². The standard InChI is InChI=1S/C32H58O8/c1-3-5-7-8-9-10-11-12-13-14-15-16-17-18-19-20-22-23-26(27(33)24-21-6-4-2)29(30(36)37)32(40,31(38)39)25-28(34)35/h26,29,40H,3-25H2,1-2H3,(H,34,35)(H,36,37)(H,38,39). The van der Waals surface area contributed by atoms with E-state index in [0.717, 1.165) is 38.5 Å². The zero-order valence-electron chi connectivity index (χ0n) is 25.3. The van der Waals surface area contributed by atoms with Crippen molar-refractivity contribution in [2.75, 3.05) is 0 Å². The highest BCUT2D eigenvalue weighted by Crippen LogP contribution is 2.34. The van der Waals surface area contributed by atoms with Gasteiger partial charge in [-0.3, -0.25) is 14.4 Å². The first-order valence-corrected chi connectivity index (χ1v) is 16.0. The summed E-state index contributed by atoms with van der Waals surface area (Å²) in [5, 5.41) is 39.3. The SMILES string of the molecule is CCCCCCCCCCCCCCCCCCCC(C(=O)CCCCC)C(C(=O)O)C(O)(CC(=O)O)C(=O)O. The van der Waals surface area contributed by atoms with Gasteiger partial charge in [-0.1, -0.05) is 136 Å². The number of aliphatic hydroxyl groups is 1. The number of carbonyl (C=O) groups excluding carboxylic acids is 1. The summed E-state index contributed by atoms with van der Waals surface area (Å²) in [4.78, 5) is 48.2. The Balaban J connectivity index is 4.55. The molecule has 0 bridgehead atoms. The van der Waals surface area contributed by atoms with Gasteiger partial charge in [0, 0.05) is 12.3 Å². The van der Waals surface area contributed by atoms with Gasteiger partial charge in [-0.2, -0.15) is 0 Å². The lowest BCUT2D eigenvalue weighted by Gasteiger charge is -2.33. The van der Waals surface area contributed by atoms with Gasteiger partial charge in [0.25, 0.3) is 0 Å². The largest absolute Gasteiger partial charge is 0.481 e. The Morgan fingerprint density at radius 3 is 1.30 bits per heavy atom. The highest BCUT2D eigenvalue weighted by molar-refractivity contribution is 5.94. The van der Waals surface area contributed by atoms with Crippen LogP contribution in [-0.4, -0.2) is 49.7 Å². The molecule has 0 amide bonds. The summed E-state index contributed by atoms with van der Waals surface area (Å²) in [6, 6.07) is 0. The molecule has 0 saturated carbocycles. The number of unbranched alkanes of at least 4 members (excludes halogenated alkanes) is 18. The fourth-order valence-electron chi connectivity index (χ4n) is 5.60. The van der Waals surface area contributed by atoms with Crippen molar-refractivity contribution in [2.24, 2.45) is 11.8 Å². The van der Waals surface area contributed by atoms with E-state index < -0.39 is 47.5 Å². The van der Waals surface area contributed by atoms with Gasteiger partial charge in [0.1, 0.15) is 11.7 Å². The van der Waals surface area contributed by atoms with Crippen molar-refractivity contribution in [3.05, 3.63) is 0 Å². The fourth-order valence-corrected chi connectivity index (χ4v) is 5.60. The zero-order valence-corrected chi connectivity index (χ0v) is 25.3. The predicted molar refractivity (Wildman–Crippen MR) is 157 cm³/mol. The van der Waals surface area contributed by atoms with Crippen molar-refractivity contribution >= 4 is 23.7 Å². The molecule has 40 heavy (non-hydrogen) atoms. The van der Waals surface area contributed by atoms with E-state index in [0.29, 0.717) is 12.8 Å². The quantitative estimate of drug-likeness (QED) is 0.0666. The molecule has 0 spiro atoms. The minimum atomic E-state index is -3.06. The topological polar surface area (TPSA) is 149 Å². The number of aliphatic carboxylic acids is 3. The second-order valence-electron chi connectivity index (χ2n) is 11.6. The van der Waals surface area contributed by atoms with Gasteiger partial charge in [-0.15, -0.1) is 0 Å². The molecule has 0 fully saturated rings. The molecule has 234 valence electrons. The fraction of sp³-hybridized carbons (Fsp3) is 0.875. The van der Waals surface area contributed by atoms with Crippen LogP contribution in [0.2, 0.25) is 0 Å². The molecule has 0 aliphatic heterocycles. The molecule has 0 aliphatic carbocycles. The van der Waals surface area contributed by atoms with E-state index in [-0.39, 0.29) is 12.8 Å². The second-order valence-corrected chi connectivity index (χ2v) is 11.6. The van der Waals surface area contributed by atoms with Crippen molar-refractivity contribution in [2.45, 2.75) is 167 Å². The average Bonchev–Trinajstić information content (AvgIpc) is 2.88. The first kappa shape index (κ1) is 38.0. The number of Topliss-reactive ketones (excluding diaryl/α,β-unsaturated/α-hetero) is 1. The van der Waals surface area contributed by atoms with Crippen LogP contribution in [0.3, 0.4) is 0 Å². The highest BCUT2D eigenvalue weighted by atomic mass is 16.4. The van der Waals surface area contributed by atoms with Gasteiger partial charge in [0.05, 0.1) is 6.42 Å². The van der Waals surface area contributed by atoms with Gasteiger partial charge in [-0.05, 0) is 12.8 Å². The van der Waals surface area contributed by atoms with Gasteiger partial charge in [-0.25, -0.2) is 4.79 Å². The summed E-state index contributed by atoms with van der Waals surface area (Å²) in [7, 11) is 0. The number of carboxylic acid groups (broad SMARTS) is 3. The van der Waals surface area contributed by atoms with Crippen molar-refractivity contribution < 1.29 is 39.6 Å². The van der Waals surface area contributed by atoms with Crippen LogP contribution in [0, 0.1) is 11.8 Å². The van der Waals surface area contributed by atoms with Crippen LogP contribution in [0.15, 0.2) is 0 Å². The van der Waals surface area contributed by atoms with Crippen LogP contribution in [0.25, 0.3) is 0 Å². The first-order valence-electron chi connectivity index (χ1n) is 16.0. The average molecular weight is 571 g/mol. The Morgan fingerprint density at radius 2 is 0.950 bits per heavy atom. The Labute approximate surface area is 242 Å². The molecule has 0 aliphatic rings. The van der Waals surface area contributed by atoms with Crippen molar-refractivity contribution in [3.63, 3.8) is 0 Å². The lowest BCUT2D eigenvalue weighted by molar-refractivity contribution is -0.184. The smallest absolute Gasteiger partial charge is 0.337 e. The molecule has 3 atom stereocenters. The van der Waals surface area contributed by atoms with Gasteiger partial charge >= 0.3 is 17.9 Å². The van der Waals surface area contributed by atoms with Crippen LogP contribution in [0.4, 0.5) is 0 Å². The maximum Gasteiger partial charge on any atom is 0.337 e. The summed E-state index contributed by atoms with van der Waals surface area (Å²) in [5.41, 5.74) is -3.06. The Bertz CT molecular complexity index is 707. The van der Waals surface area contributed by atoms with Gasteiger partial charge in [0.15, 0.2) is 5.60 Å². The zero-order chi connectivity index (χ0) is 30.2. The van der Waals surface area contributed by atoms with Crippen LogP contribution in [-0.2, 0) is 19.2 Å². The lowest BCUT2D eigenvalue weighted by Crippen LogP contribution is -2.55. The van der Waals surface area contributed by atoms with Crippen molar-refractivity contribution in [1.82, 2.24) is 0 Å². The summed E-state index contributed by atoms with van der Waals surface area (Å²) < 4.78 is 0. The monoisotopic (exact) mass is 570 g/mol. The lowest BCUT2D eigenvalue weighted by atomic mass is 9.71. The van der Waals surface area contributed by atoms with Crippen LogP contribution >= 0.6 is 0 Å². The molecule has 8 nitrogen and oxygen atoms in total. The van der Waals surface area contributed by atoms with Crippen molar-refractivity contribution in [1.29, 1.82) is 0 Å². The molecule has 0 radical (unpaired) electrons. The van der Waals surface area contributed by atoms with E-state index in [9.17, 15) is 34.5 Å². The third-order valence-corrected chi connectivity index (χ3v) is 8.03. The Hall–Kier alpha value is -1.96. The van der Waals surface area contributed by atoms with E-state index in [1.807, 2.05) is 6.92 Å². The normalized spacial score (nSPS) is 14.4. The number of hydrogen-bond acceptors (Lipinski definition) is 5. The highest BCUT2D eigenvalue weighted by Gasteiger charge is 2.54. The molecule has 8 heteroatoms. The predicted octanol–water partition coefficient (Wildman–Crippen LogP) is 7.78. The molecule has 0 rings (SSSR count). The number of hydrogen-bond donors (Lipinski definition) is 4. The van der Waals surface area contributed by atoms with E-state index in [2.05, 4.69) is 6.92 Å². The third-order valence-electron chi connectivity index (χ3n) is 8.03. The molecule has 0 aromatic rings. The van der Waals surface area contributed by atoms with Crippen LogP contribution in [0.5, 0.6) is 0 Å². The maximum absolute atomic E-state index is 13.0. The molecule has 0 heterocycles. The van der Waals surface area contributed by atoms with Crippen molar-refractivity contribution in [3.8, 4) is 0 Å². The molecule has 0 saturated heterocycles. The number of rotatable bonds is 29.